The Morgan fingerprint density at radius 3 is 2.92 bits per heavy atom. The van der Waals surface area contributed by atoms with E-state index in [1.807, 2.05) is 6.92 Å². The molecule has 0 aromatic heterocycles. The quantitative estimate of drug-likeness (QED) is 0.690. The predicted molar refractivity (Wildman–Crippen MR) is 55.2 cm³/mol. The Kier molecular flexibility index (Phi) is 4.91. The fraction of sp³-hybridized carbons (Fsp3) is 1.00. The Morgan fingerprint density at radius 1 is 1.62 bits per heavy atom. The van der Waals surface area contributed by atoms with Crippen LogP contribution in [0.4, 0.5) is 0 Å². The van der Waals surface area contributed by atoms with E-state index in [9.17, 15) is 4.21 Å². The molecule has 78 valence electrons. The average Bonchev–Trinajstić information content (AvgIpc) is 2.61. The molecule has 1 heterocycles. The molecule has 2 unspecified atom stereocenters. The molecule has 1 fully saturated rings. The highest BCUT2D eigenvalue weighted by atomic mass is 32.2. The van der Waals surface area contributed by atoms with Gasteiger partial charge in [0, 0.05) is 42.0 Å². The van der Waals surface area contributed by atoms with Crippen LogP contribution in [0.25, 0.3) is 0 Å². The summed E-state index contributed by atoms with van der Waals surface area (Å²) in [5.74, 6) is 2.00. The van der Waals surface area contributed by atoms with Crippen molar-refractivity contribution >= 4 is 10.8 Å². The largest absolute Gasteiger partial charge is 0.396 e. The van der Waals surface area contributed by atoms with Crippen LogP contribution in [-0.4, -0.2) is 52.0 Å². The van der Waals surface area contributed by atoms with Crippen LogP contribution < -0.4 is 0 Å². The minimum atomic E-state index is -0.640. The highest BCUT2D eigenvalue weighted by Gasteiger charge is 2.21. The summed E-state index contributed by atoms with van der Waals surface area (Å²) in [6.45, 7) is 5.23. The molecular weight excluding hydrogens is 186 g/mol. The molecule has 1 aliphatic rings. The fourth-order valence-electron chi connectivity index (χ4n) is 1.64. The maximum atomic E-state index is 11.2. The Bertz CT molecular complexity index is 175. The summed E-state index contributed by atoms with van der Waals surface area (Å²) in [5.41, 5.74) is 0. The van der Waals surface area contributed by atoms with E-state index in [1.54, 1.807) is 0 Å². The molecule has 0 aromatic rings. The number of rotatable bonds is 5. The van der Waals surface area contributed by atoms with Gasteiger partial charge in [-0.15, -0.1) is 0 Å². The number of hydrogen-bond donors (Lipinski definition) is 1. The smallest absolute Gasteiger partial charge is 0.0471 e. The van der Waals surface area contributed by atoms with E-state index < -0.39 is 10.8 Å². The van der Waals surface area contributed by atoms with E-state index >= 15 is 0 Å². The van der Waals surface area contributed by atoms with Gasteiger partial charge in [-0.1, -0.05) is 6.92 Å². The summed E-state index contributed by atoms with van der Waals surface area (Å²) in [6.07, 6.45) is 1.09. The summed E-state index contributed by atoms with van der Waals surface area (Å²) < 4.78 is 11.2. The summed E-state index contributed by atoms with van der Waals surface area (Å²) in [4.78, 5) is 2.30. The van der Waals surface area contributed by atoms with Crippen LogP contribution in [0.15, 0.2) is 0 Å². The molecule has 0 saturated carbocycles. The van der Waals surface area contributed by atoms with Crippen molar-refractivity contribution in [2.24, 2.45) is 5.92 Å². The van der Waals surface area contributed by atoms with Gasteiger partial charge in [-0.25, -0.2) is 0 Å². The Hall–Kier alpha value is 0.0700. The van der Waals surface area contributed by atoms with Crippen molar-refractivity contribution in [3.63, 3.8) is 0 Å². The third kappa shape index (κ3) is 3.75. The summed E-state index contributed by atoms with van der Waals surface area (Å²) in [7, 11) is -0.640. The summed E-state index contributed by atoms with van der Waals surface area (Å²) in [5, 5.41) is 8.92. The molecule has 0 radical (unpaired) electrons. The van der Waals surface area contributed by atoms with Gasteiger partial charge in [0.25, 0.3) is 0 Å². The van der Waals surface area contributed by atoms with Crippen LogP contribution in [0.5, 0.6) is 0 Å². The Morgan fingerprint density at radius 2 is 2.38 bits per heavy atom. The van der Waals surface area contributed by atoms with Gasteiger partial charge in [0.05, 0.1) is 0 Å². The second kappa shape index (κ2) is 5.73. The van der Waals surface area contributed by atoms with Crippen molar-refractivity contribution in [1.82, 2.24) is 4.90 Å². The topological polar surface area (TPSA) is 40.5 Å². The first-order chi connectivity index (χ1) is 6.26. The molecule has 3 nitrogen and oxygen atoms in total. The maximum Gasteiger partial charge on any atom is 0.0471 e. The van der Waals surface area contributed by atoms with Gasteiger partial charge >= 0.3 is 0 Å². The molecule has 0 spiro atoms. The highest BCUT2D eigenvalue weighted by Crippen LogP contribution is 2.14. The summed E-state index contributed by atoms with van der Waals surface area (Å²) >= 11 is 0. The van der Waals surface area contributed by atoms with Crippen LogP contribution in [0.2, 0.25) is 0 Å². The number of aliphatic hydroxyl groups excluding tert-OH is 1. The lowest BCUT2D eigenvalue weighted by molar-refractivity contribution is 0.224. The van der Waals surface area contributed by atoms with Gasteiger partial charge in [0.15, 0.2) is 0 Å². The molecular formula is C9H19NO2S. The normalized spacial score (nSPS) is 26.5. The molecule has 2 atom stereocenters. The minimum absolute atomic E-state index is 0.299. The van der Waals surface area contributed by atoms with Gasteiger partial charge in [-0.3, -0.25) is 4.21 Å². The van der Waals surface area contributed by atoms with Gasteiger partial charge < -0.3 is 10.0 Å². The van der Waals surface area contributed by atoms with Crippen LogP contribution in [-0.2, 0) is 10.8 Å². The fourth-order valence-corrected chi connectivity index (χ4v) is 2.39. The monoisotopic (exact) mass is 205 g/mol. The molecule has 0 aromatic carbocycles. The van der Waals surface area contributed by atoms with Gasteiger partial charge in [0.2, 0.25) is 0 Å². The second-order valence-corrected chi connectivity index (χ2v) is 5.44. The van der Waals surface area contributed by atoms with Crippen molar-refractivity contribution in [2.75, 3.05) is 37.7 Å². The SMILES string of the molecule is CCS(=O)CCN1CCC(CO)C1. The lowest BCUT2D eigenvalue weighted by atomic mass is 10.1. The van der Waals surface area contributed by atoms with E-state index in [0.717, 1.165) is 37.6 Å². The predicted octanol–water partition coefficient (Wildman–Crippen LogP) is 0.0692. The van der Waals surface area contributed by atoms with E-state index in [1.165, 1.54) is 0 Å². The van der Waals surface area contributed by atoms with E-state index in [0.29, 0.717) is 12.5 Å². The molecule has 1 N–H and O–H groups in total. The first-order valence-corrected chi connectivity index (χ1v) is 6.43. The lowest BCUT2D eigenvalue weighted by Crippen LogP contribution is -2.26. The standard InChI is InChI=1S/C9H19NO2S/c1-2-13(12)6-5-10-4-3-9(7-10)8-11/h9,11H,2-8H2,1H3. The molecule has 0 aliphatic carbocycles. The van der Waals surface area contributed by atoms with Crippen LogP contribution in [0, 0.1) is 5.92 Å². The zero-order chi connectivity index (χ0) is 9.68. The van der Waals surface area contributed by atoms with E-state index in [2.05, 4.69) is 4.90 Å². The minimum Gasteiger partial charge on any atom is -0.396 e. The Labute approximate surface area is 82.6 Å². The zero-order valence-corrected chi connectivity index (χ0v) is 9.05. The van der Waals surface area contributed by atoms with Gasteiger partial charge in [0.1, 0.15) is 0 Å². The molecule has 0 bridgehead atoms. The van der Waals surface area contributed by atoms with Crippen LogP contribution >= 0.6 is 0 Å². The Balaban J connectivity index is 2.13. The molecule has 4 heteroatoms. The van der Waals surface area contributed by atoms with Crippen molar-refractivity contribution in [3.05, 3.63) is 0 Å². The molecule has 13 heavy (non-hydrogen) atoms. The van der Waals surface area contributed by atoms with Crippen molar-refractivity contribution in [2.45, 2.75) is 13.3 Å². The lowest BCUT2D eigenvalue weighted by Gasteiger charge is -2.14. The number of likely N-dealkylation sites (tertiary alicyclic amines) is 1. The van der Waals surface area contributed by atoms with E-state index in [4.69, 9.17) is 5.11 Å². The zero-order valence-electron chi connectivity index (χ0n) is 8.24. The van der Waals surface area contributed by atoms with Crippen LogP contribution in [0.1, 0.15) is 13.3 Å². The number of aliphatic hydroxyl groups is 1. The molecule has 1 aliphatic heterocycles. The molecule has 1 saturated heterocycles. The summed E-state index contributed by atoms with van der Waals surface area (Å²) in [6, 6.07) is 0. The molecule has 0 amide bonds. The third-order valence-electron chi connectivity index (χ3n) is 2.59. The van der Waals surface area contributed by atoms with E-state index in [-0.39, 0.29) is 0 Å². The number of hydrogen-bond acceptors (Lipinski definition) is 3. The van der Waals surface area contributed by atoms with Gasteiger partial charge in [-0.05, 0) is 18.9 Å². The van der Waals surface area contributed by atoms with Crippen molar-refractivity contribution in [3.8, 4) is 0 Å². The van der Waals surface area contributed by atoms with Gasteiger partial charge in [-0.2, -0.15) is 0 Å². The second-order valence-electron chi connectivity index (χ2n) is 3.57. The third-order valence-corrected chi connectivity index (χ3v) is 3.87. The first-order valence-electron chi connectivity index (χ1n) is 4.94. The van der Waals surface area contributed by atoms with Crippen molar-refractivity contribution in [1.29, 1.82) is 0 Å². The highest BCUT2D eigenvalue weighted by molar-refractivity contribution is 7.84. The first kappa shape index (κ1) is 11.1. The van der Waals surface area contributed by atoms with Crippen LogP contribution in [0.3, 0.4) is 0 Å². The average molecular weight is 205 g/mol. The van der Waals surface area contributed by atoms with Crippen molar-refractivity contribution < 1.29 is 9.32 Å². The number of nitrogens with zero attached hydrogens (tertiary/aromatic N) is 1. The molecule has 1 rings (SSSR count). The maximum absolute atomic E-state index is 11.2.